The van der Waals surface area contributed by atoms with Crippen LogP contribution in [0.1, 0.15) is 29.5 Å². The third-order valence-corrected chi connectivity index (χ3v) is 5.94. The zero-order chi connectivity index (χ0) is 21.7. The van der Waals surface area contributed by atoms with E-state index in [1.807, 2.05) is 24.3 Å². The number of piperidine rings is 1. The van der Waals surface area contributed by atoms with Crippen LogP contribution in [0.4, 0.5) is 13.2 Å². The number of amides is 1. The van der Waals surface area contributed by atoms with Crippen LogP contribution in [0.15, 0.2) is 59.1 Å². The van der Waals surface area contributed by atoms with Crippen molar-refractivity contribution in [2.45, 2.75) is 25.4 Å². The van der Waals surface area contributed by atoms with E-state index < -0.39 is 11.7 Å². The van der Waals surface area contributed by atoms with E-state index in [0.717, 1.165) is 22.2 Å². The predicted octanol–water partition coefficient (Wildman–Crippen LogP) is 5.53. The molecule has 1 amide bonds. The molecule has 1 heterocycles. The summed E-state index contributed by atoms with van der Waals surface area (Å²) in [6.45, 7) is 0.942. The first-order valence-electron chi connectivity index (χ1n) is 9.64. The molecule has 158 valence electrons. The average Bonchev–Trinajstić information content (AvgIpc) is 2.73. The minimum absolute atomic E-state index is 0.0422. The lowest BCUT2D eigenvalue weighted by atomic mass is 9.91. The van der Waals surface area contributed by atoms with E-state index in [4.69, 9.17) is 0 Å². The highest BCUT2D eigenvalue weighted by atomic mass is 79.9. The van der Waals surface area contributed by atoms with Crippen LogP contribution in [-0.2, 0) is 22.2 Å². The Morgan fingerprint density at radius 2 is 1.67 bits per heavy atom. The molecule has 0 aliphatic carbocycles. The second-order valence-electron chi connectivity index (χ2n) is 7.28. The number of ketones is 1. The van der Waals surface area contributed by atoms with Gasteiger partial charge in [0.1, 0.15) is 0 Å². The Kier molecular flexibility index (Phi) is 7.13. The van der Waals surface area contributed by atoms with Gasteiger partial charge in [-0.1, -0.05) is 52.3 Å². The normalized spacial score (nSPS) is 15.5. The molecule has 0 aromatic heterocycles. The van der Waals surface area contributed by atoms with Crippen molar-refractivity contribution in [2.24, 2.45) is 5.92 Å². The zero-order valence-corrected chi connectivity index (χ0v) is 17.7. The summed E-state index contributed by atoms with van der Waals surface area (Å²) in [5.74, 6) is -0.219. The zero-order valence-electron chi connectivity index (χ0n) is 16.2. The van der Waals surface area contributed by atoms with Crippen molar-refractivity contribution in [1.29, 1.82) is 0 Å². The summed E-state index contributed by atoms with van der Waals surface area (Å²) in [5, 5.41) is 0. The maximum Gasteiger partial charge on any atom is 0.416 e. The molecule has 0 bridgehead atoms. The van der Waals surface area contributed by atoms with Gasteiger partial charge in [-0.3, -0.25) is 9.59 Å². The fourth-order valence-electron chi connectivity index (χ4n) is 3.43. The molecular weight excluding hydrogens is 459 g/mol. The molecule has 1 aliphatic rings. The van der Waals surface area contributed by atoms with Crippen LogP contribution in [-0.4, -0.2) is 29.7 Å². The van der Waals surface area contributed by atoms with Crippen LogP contribution in [0.2, 0.25) is 0 Å². The van der Waals surface area contributed by atoms with Crippen LogP contribution in [0.3, 0.4) is 0 Å². The molecule has 2 aromatic carbocycles. The monoisotopic (exact) mass is 479 g/mol. The number of carbonyl (C=O) groups is 2. The average molecular weight is 480 g/mol. The van der Waals surface area contributed by atoms with E-state index in [2.05, 4.69) is 15.9 Å². The molecule has 1 saturated heterocycles. The van der Waals surface area contributed by atoms with Gasteiger partial charge in [0.2, 0.25) is 5.91 Å². The van der Waals surface area contributed by atoms with Gasteiger partial charge in [-0.25, -0.2) is 0 Å². The topological polar surface area (TPSA) is 37.4 Å². The maximum atomic E-state index is 12.6. The Hall–Kier alpha value is -2.41. The first-order chi connectivity index (χ1) is 14.2. The van der Waals surface area contributed by atoms with Gasteiger partial charge in [0.15, 0.2) is 5.78 Å². The summed E-state index contributed by atoms with van der Waals surface area (Å²) >= 11 is 3.44. The number of allylic oxidation sites excluding steroid dienone is 1. The van der Waals surface area contributed by atoms with Crippen molar-refractivity contribution in [3.05, 3.63) is 75.8 Å². The third-order valence-electron chi connectivity index (χ3n) is 5.22. The highest BCUT2D eigenvalue weighted by molar-refractivity contribution is 9.10. The lowest BCUT2D eigenvalue weighted by molar-refractivity contribution is -0.137. The Morgan fingerprint density at radius 1 is 1.03 bits per heavy atom. The molecule has 0 N–H and O–H groups in total. The largest absolute Gasteiger partial charge is 0.416 e. The third kappa shape index (κ3) is 5.81. The molecule has 0 saturated carbocycles. The van der Waals surface area contributed by atoms with Crippen LogP contribution in [0.25, 0.3) is 6.08 Å². The predicted molar refractivity (Wildman–Crippen MR) is 113 cm³/mol. The number of rotatable bonds is 5. The van der Waals surface area contributed by atoms with Crippen molar-refractivity contribution < 1.29 is 22.8 Å². The SMILES string of the molecule is O=C(C=Cc1ccccc1Br)C1CCN(C(=O)Cc2ccc(C(F)(F)F)cc2)CC1. The van der Waals surface area contributed by atoms with Gasteiger partial charge in [-0.05, 0) is 48.2 Å². The summed E-state index contributed by atoms with van der Waals surface area (Å²) in [6.07, 6.45) is 0.204. The van der Waals surface area contributed by atoms with Gasteiger partial charge < -0.3 is 4.90 Å². The molecule has 7 heteroatoms. The summed E-state index contributed by atoms with van der Waals surface area (Å²) in [5.41, 5.74) is 0.742. The minimum atomic E-state index is -4.39. The van der Waals surface area contributed by atoms with Gasteiger partial charge >= 0.3 is 6.18 Å². The highest BCUT2D eigenvalue weighted by Crippen LogP contribution is 2.29. The summed E-state index contributed by atoms with van der Waals surface area (Å²) in [7, 11) is 0. The first kappa shape index (κ1) is 22.3. The number of benzene rings is 2. The Morgan fingerprint density at radius 3 is 2.27 bits per heavy atom. The van der Waals surface area contributed by atoms with Crippen molar-refractivity contribution in [3.63, 3.8) is 0 Å². The Labute approximate surface area is 181 Å². The van der Waals surface area contributed by atoms with Gasteiger partial charge in [-0.15, -0.1) is 0 Å². The van der Waals surface area contributed by atoms with Crippen molar-refractivity contribution >= 4 is 33.7 Å². The number of hydrogen-bond donors (Lipinski definition) is 0. The van der Waals surface area contributed by atoms with Crippen LogP contribution in [0, 0.1) is 5.92 Å². The van der Waals surface area contributed by atoms with Crippen LogP contribution >= 0.6 is 15.9 Å². The second kappa shape index (κ2) is 9.60. The van der Waals surface area contributed by atoms with Crippen molar-refractivity contribution in [2.75, 3.05) is 13.1 Å². The number of carbonyl (C=O) groups excluding carboxylic acids is 2. The molecule has 1 aliphatic heterocycles. The maximum absolute atomic E-state index is 12.6. The number of likely N-dealkylation sites (tertiary alicyclic amines) is 1. The Balaban J connectivity index is 1.50. The standard InChI is InChI=1S/C23H21BrF3NO2/c24-20-4-2-1-3-17(20)7-10-21(29)18-11-13-28(14-12-18)22(30)15-16-5-8-19(9-6-16)23(25,26)27/h1-10,18H,11-15H2. The molecule has 0 radical (unpaired) electrons. The molecule has 3 rings (SSSR count). The lowest BCUT2D eigenvalue weighted by Gasteiger charge is -2.31. The van der Waals surface area contributed by atoms with Gasteiger partial charge in [0, 0.05) is 23.5 Å². The first-order valence-corrected chi connectivity index (χ1v) is 10.4. The summed E-state index contributed by atoms with van der Waals surface area (Å²) in [6, 6.07) is 12.3. The molecule has 0 spiro atoms. The van der Waals surface area contributed by atoms with Gasteiger partial charge in [0.25, 0.3) is 0 Å². The molecular formula is C23H21BrF3NO2. The lowest BCUT2D eigenvalue weighted by Crippen LogP contribution is -2.40. The molecule has 0 atom stereocenters. The molecule has 3 nitrogen and oxygen atoms in total. The van der Waals surface area contributed by atoms with Crippen LogP contribution in [0.5, 0.6) is 0 Å². The quantitative estimate of drug-likeness (QED) is 0.528. The van der Waals surface area contributed by atoms with E-state index in [9.17, 15) is 22.8 Å². The van der Waals surface area contributed by atoms with Gasteiger partial charge in [-0.2, -0.15) is 13.2 Å². The Bertz CT molecular complexity index is 930. The van der Waals surface area contributed by atoms with E-state index in [1.165, 1.54) is 12.1 Å². The van der Waals surface area contributed by atoms with Gasteiger partial charge in [0.05, 0.1) is 12.0 Å². The highest BCUT2D eigenvalue weighted by Gasteiger charge is 2.30. The minimum Gasteiger partial charge on any atom is -0.342 e. The number of halogens is 4. The van der Waals surface area contributed by atoms with Crippen molar-refractivity contribution in [3.8, 4) is 0 Å². The smallest absolute Gasteiger partial charge is 0.342 e. The molecule has 30 heavy (non-hydrogen) atoms. The molecule has 1 fully saturated rings. The number of nitrogens with zero attached hydrogens (tertiary/aromatic N) is 1. The molecule has 0 unspecified atom stereocenters. The van der Waals surface area contributed by atoms with E-state index in [0.29, 0.717) is 31.5 Å². The number of alkyl halides is 3. The summed E-state index contributed by atoms with van der Waals surface area (Å²) in [4.78, 5) is 26.6. The second-order valence-corrected chi connectivity index (χ2v) is 8.14. The van der Waals surface area contributed by atoms with Crippen molar-refractivity contribution in [1.82, 2.24) is 4.90 Å². The van der Waals surface area contributed by atoms with E-state index >= 15 is 0 Å². The van der Waals surface area contributed by atoms with Crippen LogP contribution < -0.4 is 0 Å². The summed E-state index contributed by atoms with van der Waals surface area (Å²) < 4.78 is 38.8. The molecule has 2 aromatic rings. The number of hydrogen-bond acceptors (Lipinski definition) is 2. The fourth-order valence-corrected chi connectivity index (χ4v) is 3.85. The van der Waals surface area contributed by atoms with E-state index in [1.54, 1.807) is 17.1 Å². The van der Waals surface area contributed by atoms with E-state index in [-0.39, 0.29) is 24.0 Å². The fraction of sp³-hybridized carbons (Fsp3) is 0.304.